The normalized spacial score (nSPS) is 10.7. The van der Waals surface area contributed by atoms with E-state index in [1.807, 2.05) is 0 Å². The second-order valence-corrected chi connectivity index (χ2v) is 5.43. The molecule has 2 rings (SSSR count). The highest BCUT2D eigenvalue weighted by atomic mass is 35.5. The van der Waals surface area contributed by atoms with Gasteiger partial charge in [-0.2, -0.15) is 4.98 Å². The van der Waals surface area contributed by atoms with Crippen molar-refractivity contribution in [1.29, 1.82) is 0 Å². The van der Waals surface area contributed by atoms with Gasteiger partial charge in [-0.3, -0.25) is 4.79 Å². The van der Waals surface area contributed by atoms with Crippen molar-refractivity contribution in [3.8, 4) is 17.5 Å². The lowest BCUT2D eigenvalue weighted by Crippen LogP contribution is -2.10. The molecule has 1 heterocycles. The first-order valence-electron chi connectivity index (χ1n) is 7.53. The number of pyridine rings is 1. The number of rotatable bonds is 7. The second-order valence-electron chi connectivity index (χ2n) is 5.06. The van der Waals surface area contributed by atoms with E-state index < -0.39 is 0 Å². The number of phenolic OH excluding ortho intramolecular Hbond substituents is 1. The first-order valence-corrected chi connectivity index (χ1v) is 8.06. The zero-order valence-corrected chi connectivity index (χ0v) is 14.7. The summed E-state index contributed by atoms with van der Waals surface area (Å²) in [6.45, 7) is 0. The average molecular weight is 363 g/mol. The molecule has 0 aliphatic carbocycles. The van der Waals surface area contributed by atoms with Gasteiger partial charge in [-0.05, 0) is 30.2 Å². The van der Waals surface area contributed by atoms with E-state index in [4.69, 9.17) is 21.1 Å². The van der Waals surface area contributed by atoms with Gasteiger partial charge in [-0.25, -0.2) is 0 Å². The molecule has 0 saturated carbocycles. The van der Waals surface area contributed by atoms with Gasteiger partial charge >= 0.3 is 0 Å². The van der Waals surface area contributed by atoms with Crippen molar-refractivity contribution in [3.05, 3.63) is 47.5 Å². The van der Waals surface area contributed by atoms with E-state index >= 15 is 0 Å². The summed E-state index contributed by atoms with van der Waals surface area (Å²) in [6, 6.07) is 8.19. The van der Waals surface area contributed by atoms with Crippen LogP contribution in [0.3, 0.4) is 0 Å². The molecule has 0 bridgehead atoms. The van der Waals surface area contributed by atoms with Gasteiger partial charge in [-0.15, -0.1) is 11.6 Å². The van der Waals surface area contributed by atoms with Crippen molar-refractivity contribution in [3.63, 3.8) is 0 Å². The van der Waals surface area contributed by atoms with Crippen LogP contribution in [0.1, 0.15) is 11.1 Å². The lowest BCUT2D eigenvalue weighted by molar-refractivity contribution is -0.111. The molecule has 0 spiro atoms. The molecule has 0 saturated heterocycles. The molecule has 0 aliphatic heterocycles. The summed E-state index contributed by atoms with van der Waals surface area (Å²) in [4.78, 5) is 16.3. The van der Waals surface area contributed by atoms with Crippen molar-refractivity contribution in [2.45, 2.75) is 6.42 Å². The summed E-state index contributed by atoms with van der Waals surface area (Å²) in [5, 5.41) is 12.3. The maximum absolute atomic E-state index is 12.2. The zero-order chi connectivity index (χ0) is 18.2. The van der Waals surface area contributed by atoms with Crippen LogP contribution < -0.4 is 14.8 Å². The van der Waals surface area contributed by atoms with Gasteiger partial charge in [0.25, 0.3) is 0 Å². The molecule has 0 radical (unpaired) electrons. The number of nitrogens with one attached hydrogen (secondary N) is 1. The van der Waals surface area contributed by atoms with E-state index in [0.29, 0.717) is 35.3 Å². The van der Waals surface area contributed by atoms with E-state index in [1.54, 1.807) is 30.3 Å². The molecule has 0 fully saturated rings. The van der Waals surface area contributed by atoms with Crippen LogP contribution in [0.25, 0.3) is 6.08 Å². The molecule has 1 aromatic heterocycles. The molecule has 2 N–H and O–H groups in total. The van der Waals surface area contributed by atoms with Crippen LogP contribution in [-0.4, -0.2) is 36.1 Å². The summed E-state index contributed by atoms with van der Waals surface area (Å²) in [5.41, 5.74) is 2.00. The van der Waals surface area contributed by atoms with Gasteiger partial charge in [0.05, 0.1) is 14.2 Å². The van der Waals surface area contributed by atoms with E-state index in [9.17, 15) is 9.90 Å². The summed E-state index contributed by atoms with van der Waals surface area (Å²) >= 11 is 5.76. The highest BCUT2D eigenvalue weighted by Crippen LogP contribution is 2.23. The first kappa shape index (κ1) is 18.6. The minimum absolute atomic E-state index is 0.0682. The Bertz CT molecular complexity index is 778. The lowest BCUT2D eigenvalue weighted by Gasteiger charge is -2.09. The first-order chi connectivity index (χ1) is 12.1. The van der Waals surface area contributed by atoms with Crippen LogP contribution in [-0.2, 0) is 11.2 Å². The number of hydrogen-bond acceptors (Lipinski definition) is 5. The third-order valence-corrected chi connectivity index (χ3v) is 3.59. The molecule has 0 aliphatic rings. The lowest BCUT2D eigenvalue weighted by atomic mass is 10.1. The van der Waals surface area contributed by atoms with Crippen LogP contribution >= 0.6 is 11.6 Å². The Kier molecular flexibility index (Phi) is 6.65. The minimum atomic E-state index is -0.348. The molecular formula is C18H19ClN2O4. The Balaban J connectivity index is 2.15. The summed E-state index contributed by atoms with van der Waals surface area (Å²) in [6.07, 6.45) is 3.53. The number of methoxy groups -OCH3 is 2. The minimum Gasteiger partial charge on any atom is -0.508 e. The topological polar surface area (TPSA) is 80.7 Å². The van der Waals surface area contributed by atoms with Crippen LogP contribution in [0, 0.1) is 0 Å². The fourth-order valence-corrected chi connectivity index (χ4v) is 2.38. The molecule has 2 aromatic rings. The molecule has 0 atom stereocenters. The van der Waals surface area contributed by atoms with Crippen molar-refractivity contribution in [2.24, 2.45) is 0 Å². The van der Waals surface area contributed by atoms with Gasteiger partial charge in [0.15, 0.2) is 0 Å². The van der Waals surface area contributed by atoms with Gasteiger partial charge < -0.3 is 19.9 Å². The van der Waals surface area contributed by atoms with Crippen LogP contribution in [0.15, 0.2) is 36.4 Å². The average Bonchev–Trinajstić information content (AvgIpc) is 2.62. The van der Waals surface area contributed by atoms with Gasteiger partial charge in [-0.1, -0.05) is 6.07 Å². The largest absolute Gasteiger partial charge is 0.508 e. The number of aryl methyl sites for hydroxylation is 1. The second kappa shape index (κ2) is 8.94. The summed E-state index contributed by atoms with van der Waals surface area (Å²) in [5.74, 6) is 0.906. The zero-order valence-electron chi connectivity index (χ0n) is 14.0. The molecule has 6 nitrogen and oxygen atoms in total. The van der Waals surface area contributed by atoms with E-state index in [0.717, 1.165) is 5.56 Å². The van der Waals surface area contributed by atoms with Crippen molar-refractivity contribution in [2.75, 3.05) is 25.4 Å². The number of amides is 1. The molecule has 7 heteroatoms. The van der Waals surface area contributed by atoms with E-state index in [1.165, 1.54) is 26.4 Å². The quantitative estimate of drug-likeness (QED) is 0.583. The molecule has 1 amide bonds. The highest BCUT2D eigenvalue weighted by Gasteiger charge is 2.08. The fourth-order valence-electron chi connectivity index (χ4n) is 2.18. The Morgan fingerprint density at radius 2 is 2.08 bits per heavy atom. The number of aromatic nitrogens is 1. The number of carbonyl (C=O) groups excluding carboxylic acids is 1. The van der Waals surface area contributed by atoms with Crippen molar-refractivity contribution in [1.82, 2.24) is 4.98 Å². The Hall–Kier alpha value is -2.73. The molecule has 0 unspecified atom stereocenters. The molecule has 132 valence electrons. The standard InChI is InChI=1S/C18H19ClN2O4/c1-24-17-8-5-13(18(21-17)25-2)4-7-16(23)20-15-11-14(22)6-3-12(15)9-10-19/h3-8,11,22H,9-10H2,1-2H3,(H,20,23)/b7-4+. The Morgan fingerprint density at radius 3 is 2.76 bits per heavy atom. The van der Waals surface area contributed by atoms with E-state index in [2.05, 4.69) is 10.3 Å². The SMILES string of the molecule is COc1ccc(/C=C/C(=O)Nc2cc(O)ccc2CCCl)c(OC)n1. The maximum atomic E-state index is 12.2. The summed E-state index contributed by atoms with van der Waals surface area (Å²) in [7, 11) is 3.00. The number of alkyl halides is 1. The highest BCUT2D eigenvalue weighted by molar-refractivity contribution is 6.18. The van der Waals surface area contributed by atoms with Gasteiger partial charge in [0.2, 0.25) is 17.7 Å². The molecule has 25 heavy (non-hydrogen) atoms. The van der Waals surface area contributed by atoms with Crippen molar-refractivity contribution < 1.29 is 19.4 Å². The van der Waals surface area contributed by atoms with Crippen LogP contribution in [0.4, 0.5) is 5.69 Å². The van der Waals surface area contributed by atoms with Crippen LogP contribution in [0.5, 0.6) is 17.5 Å². The Labute approximate surface area is 151 Å². The third-order valence-electron chi connectivity index (χ3n) is 3.40. The predicted octanol–water partition coefficient (Wildman–Crippen LogP) is 3.24. The van der Waals surface area contributed by atoms with Gasteiger partial charge in [0.1, 0.15) is 5.75 Å². The summed E-state index contributed by atoms with van der Waals surface area (Å²) < 4.78 is 10.2. The van der Waals surface area contributed by atoms with Crippen LogP contribution in [0.2, 0.25) is 0 Å². The fraction of sp³-hybridized carbons (Fsp3) is 0.222. The number of ether oxygens (including phenoxy) is 2. The number of halogens is 1. The number of nitrogens with zero attached hydrogens (tertiary/aromatic N) is 1. The number of carbonyl (C=O) groups is 1. The number of benzene rings is 1. The number of anilines is 1. The smallest absolute Gasteiger partial charge is 0.248 e. The van der Waals surface area contributed by atoms with Gasteiger partial charge in [0, 0.05) is 35.3 Å². The van der Waals surface area contributed by atoms with Crippen molar-refractivity contribution >= 4 is 29.3 Å². The maximum Gasteiger partial charge on any atom is 0.248 e. The molecule has 1 aromatic carbocycles. The predicted molar refractivity (Wildman–Crippen MR) is 97.5 cm³/mol. The monoisotopic (exact) mass is 362 g/mol. The molecular weight excluding hydrogens is 344 g/mol. The number of hydrogen-bond donors (Lipinski definition) is 2. The number of aromatic hydroxyl groups is 1. The Morgan fingerprint density at radius 1 is 1.28 bits per heavy atom. The third kappa shape index (κ3) is 5.12. The van der Waals surface area contributed by atoms with E-state index in [-0.39, 0.29) is 11.7 Å². The number of phenols is 1.